The van der Waals surface area contributed by atoms with Crippen LogP contribution in [0.2, 0.25) is 0 Å². The number of aromatic nitrogens is 1. The molecule has 0 aliphatic heterocycles. The molecule has 2 heterocycles. The van der Waals surface area contributed by atoms with Gasteiger partial charge in [-0.15, -0.1) is 0 Å². The zero-order valence-electron chi connectivity index (χ0n) is 11.4. The van der Waals surface area contributed by atoms with Gasteiger partial charge in [0.05, 0.1) is 18.6 Å². The van der Waals surface area contributed by atoms with Crippen molar-refractivity contribution in [2.75, 3.05) is 19.7 Å². The van der Waals surface area contributed by atoms with Gasteiger partial charge < -0.3 is 13.9 Å². The van der Waals surface area contributed by atoms with Gasteiger partial charge in [-0.2, -0.15) is 0 Å². The predicted octanol–water partition coefficient (Wildman–Crippen LogP) is 2.45. The number of furan rings is 1. The third kappa shape index (κ3) is 3.45. The highest BCUT2D eigenvalue weighted by atomic mass is 16.4. The number of aliphatic hydroxyl groups excluding tert-OH is 1. The van der Waals surface area contributed by atoms with Crippen molar-refractivity contribution in [3.63, 3.8) is 0 Å². The minimum absolute atomic E-state index is 0.155. The number of oxazole rings is 1. The van der Waals surface area contributed by atoms with Crippen LogP contribution in [0.1, 0.15) is 24.8 Å². The van der Waals surface area contributed by atoms with Gasteiger partial charge in [-0.1, -0.05) is 6.92 Å². The molecule has 2 aromatic rings. The quantitative estimate of drug-likeness (QED) is 0.832. The van der Waals surface area contributed by atoms with E-state index in [1.165, 1.54) is 0 Å². The SMILES string of the molecule is CCCN(CCO)Cc1nc(-c2ccco2)oc1C. The lowest BCUT2D eigenvalue weighted by Gasteiger charge is -2.19. The van der Waals surface area contributed by atoms with Gasteiger partial charge in [-0.3, -0.25) is 4.90 Å². The summed E-state index contributed by atoms with van der Waals surface area (Å²) in [6.07, 6.45) is 2.64. The molecule has 0 atom stereocenters. The molecule has 1 N–H and O–H groups in total. The highest BCUT2D eigenvalue weighted by Gasteiger charge is 2.15. The molecule has 0 aromatic carbocycles. The van der Waals surface area contributed by atoms with E-state index in [9.17, 15) is 0 Å². The van der Waals surface area contributed by atoms with Crippen molar-refractivity contribution in [2.24, 2.45) is 0 Å². The van der Waals surface area contributed by atoms with E-state index in [-0.39, 0.29) is 6.61 Å². The molecule has 2 rings (SSSR count). The topological polar surface area (TPSA) is 62.6 Å². The Bertz CT molecular complexity index is 485. The van der Waals surface area contributed by atoms with E-state index in [0.717, 1.165) is 24.4 Å². The maximum absolute atomic E-state index is 9.07. The molecule has 2 aromatic heterocycles. The summed E-state index contributed by atoms with van der Waals surface area (Å²) in [7, 11) is 0. The molecule has 0 saturated carbocycles. The Morgan fingerprint density at radius 3 is 2.84 bits per heavy atom. The summed E-state index contributed by atoms with van der Waals surface area (Å²) >= 11 is 0. The molecular formula is C14H20N2O3. The average Bonchev–Trinajstić information content (AvgIpc) is 3.00. The first kappa shape index (κ1) is 13.8. The van der Waals surface area contributed by atoms with Gasteiger partial charge in [0.1, 0.15) is 5.76 Å². The van der Waals surface area contributed by atoms with Crippen molar-refractivity contribution in [1.29, 1.82) is 0 Å². The van der Waals surface area contributed by atoms with Crippen LogP contribution < -0.4 is 0 Å². The van der Waals surface area contributed by atoms with Crippen LogP contribution in [0.25, 0.3) is 11.7 Å². The Hall–Kier alpha value is -1.59. The second-order valence-corrected chi connectivity index (χ2v) is 4.50. The van der Waals surface area contributed by atoms with E-state index in [2.05, 4.69) is 16.8 Å². The summed E-state index contributed by atoms with van der Waals surface area (Å²) in [6, 6.07) is 3.64. The lowest BCUT2D eigenvalue weighted by molar-refractivity contribution is 0.188. The lowest BCUT2D eigenvalue weighted by atomic mass is 10.3. The Balaban J connectivity index is 2.11. The van der Waals surface area contributed by atoms with Crippen LogP contribution in [0.4, 0.5) is 0 Å². The molecule has 5 nitrogen and oxygen atoms in total. The molecule has 104 valence electrons. The monoisotopic (exact) mass is 264 g/mol. The first-order chi connectivity index (χ1) is 9.24. The second-order valence-electron chi connectivity index (χ2n) is 4.50. The van der Waals surface area contributed by atoms with Crippen LogP contribution in [0.5, 0.6) is 0 Å². The summed E-state index contributed by atoms with van der Waals surface area (Å²) in [4.78, 5) is 6.64. The van der Waals surface area contributed by atoms with E-state index in [1.54, 1.807) is 6.26 Å². The highest BCUT2D eigenvalue weighted by Crippen LogP contribution is 2.22. The normalized spacial score (nSPS) is 11.4. The summed E-state index contributed by atoms with van der Waals surface area (Å²) < 4.78 is 10.9. The molecule has 0 aliphatic rings. The van der Waals surface area contributed by atoms with Crippen molar-refractivity contribution in [2.45, 2.75) is 26.8 Å². The largest absolute Gasteiger partial charge is 0.459 e. The Morgan fingerprint density at radius 1 is 1.37 bits per heavy atom. The van der Waals surface area contributed by atoms with Crippen LogP contribution in [0.3, 0.4) is 0 Å². The summed E-state index contributed by atoms with van der Waals surface area (Å²) in [5.74, 6) is 1.95. The Kier molecular flexibility index (Phi) is 4.76. The van der Waals surface area contributed by atoms with Crippen LogP contribution >= 0.6 is 0 Å². The van der Waals surface area contributed by atoms with Gasteiger partial charge in [0.15, 0.2) is 5.76 Å². The van der Waals surface area contributed by atoms with Crippen molar-refractivity contribution in [3.8, 4) is 11.7 Å². The molecule has 0 amide bonds. The smallest absolute Gasteiger partial charge is 0.263 e. The summed E-state index contributed by atoms with van der Waals surface area (Å²) in [6.45, 7) is 6.44. The van der Waals surface area contributed by atoms with Crippen molar-refractivity contribution < 1.29 is 13.9 Å². The summed E-state index contributed by atoms with van der Waals surface area (Å²) in [5, 5.41) is 9.07. The van der Waals surface area contributed by atoms with E-state index >= 15 is 0 Å². The second kappa shape index (κ2) is 6.54. The number of hydrogen-bond acceptors (Lipinski definition) is 5. The standard InChI is InChI=1S/C14H20N2O3/c1-3-6-16(7-8-17)10-12-11(2)19-14(15-12)13-5-4-9-18-13/h4-5,9,17H,3,6-8,10H2,1-2H3. The molecule has 5 heteroatoms. The van der Waals surface area contributed by atoms with Gasteiger partial charge >= 0.3 is 0 Å². The molecule has 0 unspecified atom stereocenters. The zero-order chi connectivity index (χ0) is 13.7. The number of nitrogens with zero attached hydrogens (tertiary/aromatic N) is 2. The molecule has 0 aliphatic carbocycles. The summed E-state index contributed by atoms with van der Waals surface area (Å²) in [5.41, 5.74) is 0.897. The molecule has 0 saturated heterocycles. The molecule has 0 spiro atoms. The number of hydrogen-bond donors (Lipinski definition) is 1. The maximum atomic E-state index is 9.07. The van der Waals surface area contributed by atoms with Crippen molar-refractivity contribution in [1.82, 2.24) is 9.88 Å². The molecule has 0 radical (unpaired) electrons. The van der Waals surface area contributed by atoms with Crippen LogP contribution in [0.15, 0.2) is 27.2 Å². The van der Waals surface area contributed by atoms with Crippen LogP contribution in [0, 0.1) is 6.92 Å². The predicted molar refractivity (Wildman–Crippen MR) is 71.6 cm³/mol. The average molecular weight is 264 g/mol. The lowest BCUT2D eigenvalue weighted by Crippen LogP contribution is -2.27. The first-order valence-electron chi connectivity index (χ1n) is 6.58. The van der Waals surface area contributed by atoms with Gasteiger partial charge in [0.25, 0.3) is 5.89 Å². The minimum Gasteiger partial charge on any atom is -0.459 e. The Morgan fingerprint density at radius 2 is 2.21 bits per heavy atom. The number of rotatable bonds is 7. The van der Waals surface area contributed by atoms with E-state index in [0.29, 0.717) is 24.7 Å². The van der Waals surface area contributed by atoms with Crippen molar-refractivity contribution >= 4 is 0 Å². The number of aliphatic hydroxyl groups is 1. The van der Waals surface area contributed by atoms with Gasteiger partial charge in [0.2, 0.25) is 0 Å². The molecular weight excluding hydrogens is 244 g/mol. The van der Waals surface area contributed by atoms with Crippen LogP contribution in [-0.4, -0.2) is 34.7 Å². The number of aryl methyl sites for hydroxylation is 1. The third-order valence-electron chi connectivity index (χ3n) is 2.95. The zero-order valence-corrected chi connectivity index (χ0v) is 11.4. The van der Waals surface area contributed by atoms with E-state index in [1.807, 2.05) is 19.1 Å². The van der Waals surface area contributed by atoms with Gasteiger partial charge in [0, 0.05) is 13.1 Å². The fraction of sp³-hybridized carbons (Fsp3) is 0.500. The van der Waals surface area contributed by atoms with Crippen molar-refractivity contribution in [3.05, 3.63) is 29.9 Å². The fourth-order valence-electron chi connectivity index (χ4n) is 2.02. The minimum atomic E-state index is 0.155. The van der Waals surface area contributed by atoms with Crippen LogP contribution in [-0.2, 0) is 6.54 Å². The molecule has 0 bridgehead atoms. The fourth-order valence-corrected chi connectivity index (χ4v) is 2.02. The molecule has 0 fully saturated rings. The Labute approximate surface area is 112 Å². The first-order valence-corrected chi connectivity index (χ1v) is 6.58. The maximum Gasteiger partial charge on any atom is 0.263 e. The highest BCUT2D eigenvalue weighted by molar-refractivity contribution is 5.44. The van der Waals surface area contributed by atoms with E-state index in [4.69, 9.17) is 13.9 Å². The van der Waals surface area contributed by atoms with Gasteiger partial charge in [-0.05, 0) is 32.0 Å². The third-order valence-corrected chi connectivity index (χ3v) is 2.95. The molecule has 19 heavy (non-hydrogen) atoms. The van der Waals surface area contributed by atoms with E-state index < -0.39 is 0 Å². The van der Waals surface area contributed by atoms with Gasteiger partial charge in [-0.25, -0.2) is 4.98 Å².